The minimum Gasteiger partial charge on any atom is -0.350 e. The van der Waals surface area contributed by atoms with E-state index in [-0.39, 0.29) is 11.9 Å². The number of amides is 1. The van der Waals surface area contributed by atoms with Crippen molar-refractivity contribution >= 4 is 11.6 Å². The van der Waals surface area contributed by atoms with Crippen molar-refractivity contribution in [1.29, 1.82) is 0 Å². The molecule has 0 fully saturated rings. The fourth-order valence-corrected chi connectivity index (χ4v) is 2.03. The van der Waals surface area contributed by atoms with Crippen LogP contribution in [0.5, 0.6) is 0 Å². The number of hydrogen-bond donors (Lipinski definition) is 1. The summed E-state index contributed by atoms with van der Waals surface area (Å²) < 4.78 is 1.98. The molecule has 0 radical (unpaired) electrons. The largest absolute Gasteiger partial charge is 0.350 e. The highest BCUT2D eigenvalue weighted by atomic mass is 16.1. The van der Waals surface area contributed by atoms with Gasteiger partial charge in [-0.15, -0.1) is 0 Å². The summed E-state index contributed by atoms with van der Waals surface area (Å²) in [5, 5.41) is 2.89. The van der Waals surface area contributed by atoms with Crippen LogP contribution in [0.4, 0.5) is 0 Å². The van der Waals surface area contributed by atoms with Gasteiger partial charge in [-0.1, -0.05) is 6.92 Å². The summed E-state index contributed by atoms with van der Waals surface area (Å²) in [7, 11) is 0. The molecule has 1 N–H and O–H groups in total. The van der Waals surface area contributed by atoms with Gasteiger partial charge in [-0.05, 0) is 39.3 Å². The van der Waals surface area contributed by atoms with Crippen LogP contribution in [0.15, 0.2) is 18.3 Å². The van der Waals surface area contributed by atoms with E-state index in [9.17, 15) is 4.79 Å². The molecule has 2 rings (SSSR count). The first-order valence-electron chi connectivity index (χ1n) is 6.31. The SMILES string of the molecule is CCc1nc2ccc(C(=O)NC(C)C)cn2c1C. The number of carbonyl (C=O) groups is 1. The lowest BCUT2D eigenvalue weighted by Gasteiger charge is -2.08. The first kappa shape index (κ1) is 12.6. The zero-order valence-corrected chi connectivity index (χ0v) is 11.3. The van der Waals surface area contributed by atoms with Gasteiger partial charge in [-0.3, -0.25) is 4.79 Å². The Morgan fingerprint density at radius 1 is 1.44 bits per heavy atom. The molecule has 4 heteroatoms. The van der Waals surface area contributed by atoms with Crippen LogP contribution in [-0.2, 0) is 6.42 Å². The molecule has 96 valence electrons. The maximum Gasteiger partial charge on any atom is 0.252 e. The highest BCUT2D eigenvalue weighted by Gasteiger charge is 2.11. The Hall–Kier alpha value is -1.84. The number of hydrogen-bond acceptors (Lipinski definition) is 2. The normalized spacial score (nSPS) is 11.2. The molecule has 4 nitrogen and oxygen atoms in total. The van der Waals surface area contributed by atoms with Crippen LogP contribution < -0.4 is 5.32 Å². The van der Waals surface area contributed by atoms with Gasteiger partial charge >= 0.3 is 0 Å². The summed E-state index contributed by atoms with van der Waals surface area (Å²) in [6.45, 7) is 8.02. The molecule has 0 aromatic carbocycles. The molecule has 0 aliphatic heterocycles. The predicted octanol–water partition coefficient (Wildman–Crippen LogP) is 2.34. The molecular formula is C14H19N3O. The van der Waals surface area contributed by atoms with Crippen LogP contribution in [0.2, 0.25) is 0 Å². The summed E-state index contributed by atoms with van der Waals surface area (Å²) in [5.74, 6) is -0.0435. The van der Waals surface area contributed by atoms with Crippen molar-refractivity contribution in [2.45, 2.75) is 40.2 Å². The molecule has 0 aliphatic carbocycles. The lowest BCUT2D eigenvalue weighted by molar-refractivity contribution is 0.0942. The second-order valence-electron chi connectivity index (χ2n) is 4.77. The number of aromatic nitrogens is 2. The van der Waals surface area contributed by atoms with E-state index in [1.165, 1.54) is 0 Å². The van der Waals surface area contributed by atoms with Crippen molar-refractivity contribution < 1.29 is 4.79 Å². The monoisotopic (exact) mass is 245 g/mol. The number of fused-ring (bicyclic) bond motifs is 1. The highest BCUT2D eigenvalue weighted by Crippen LogP contribution is 2.13. The molecular weight excluding hydrogens is 226 g/mol. The number of aryl methyl sites for hydroxylation is 2. The van der Waals surface area contributed by atoms with E-state index in [4.69, 9.17) is 0 Å². The van der Waals surface area contributed by atoms with E-state index in [0.717, 1.165) is 23.5 Å². The standard InChI is InChI=1S/C14H19N3O/c1-5-12-10(4)17-8-11(6-7-13(17)16-12)14(18)15-9(2)3/h6-9H,5H2,1-4H3,(H,15,18). The van der Waals surface area contributed by atoms with Crippen LogP contribution in [0.3, 0.4) is 0 Å². The Morgan fingerprint density at radius 3 is 2.78 bits per heavy atom. The molecule has 0 atom stereocenters. The van der Waals surface area contributed by atoms with Gasteiger partial charge in [0.2, 0.25) is 0 Å². The Balaban J connectivity index is 2.43. The number of rotatable bonds is 3. The van der Waals surface area contributed by atoms with Gasteiger partial charge in [0.15, 0.2) is 0 Å². The fourth-order valence-electron chi connectivity index (χ4n) is 2.03. The molecule has 0 spiro atoms. The first-order valence-corrected chi connectivity index (χ1v) is 6.31. The van der Waals surface area contributed by atoms with Gasteiger partial charge in [0.05, 0.1) is 11.3 Å². The van der Waals surface area contributed by atoms with Crippen molar-refractivity contribution in [3.05, 3.63) is 35.3 Å². The molecule has 18 heavy (non-hydrogen) atoms. The molecule has 0 saturated heterocycles. The summed E-state index contributed by atoms with van der Waals surface area (Å²) in [5.41, 5.74) is 3.74. The second kappa shape index (κ2) is 4.80. The first-order chi connectivity index (χ1) is 8.52. The van der Waals surface area contributed by atoms with Crippen LogP contribution in [0.1, 0.15) is 42.5 Å². The van der Waals surface area contributed by atoms with E-state index in [2.05, 4.69) is 17.2 Å². The van der Waals surface area contributed by atoms with Crippen LogP contribution >= 0.6 is 0 Å². The molecule has 2 heterocycles. The molecule has 0 unspecified atom stereocenters. The third kappa shape index (κ3) is 2.23. The van der Waals surface area contributed by atoms with Crippen LogP contribution in [0.25, 0.3) is 5.65 Å². The number of nitrogens with one attached hydrogen (secondary N) is 1. The average molecular weight is 245 g/mol. The van der Waals surface area contributed by atoms with Crippen molar-refractivity contribution in [3.8, 4) is 0 Å². The lowest BCUT2D eigenvalue weighted by Crippen LogP contribution is -2.30. The van der Waals surface area contributed by atoms with Gasteiger partial charge in [0.25, 0.3) is 5.91 Å². The van der Waals surface area contributed by atoms with Crippen molar-refractivity contribution in [2.24, 2.45) is 0 Å². The number of carbonyl (C=O) groups excluding carboxylic acids is 1. The van der Waals surface area contributed by atoms with Gasteiger partial charge in [0.1, 0.15) is 5.65 Å². The summed E-state index contributed by atoms with van der Waals surface area (Å²) >= 11 is 0. The molecule has 0 aliphatic rings. The number of imidazole rings is 1. The molecule has 2 aromatic rings. The van der Waals surface area contributed by atoms with E-state index < -0.39 is 0 Å². The smallest absolute Gasteiger partial charge is 0.252 e. The minimum absolute atomic E-state index is 0.0435. The molecule has 2 aromatic heterocycles. The highest BCUT2D eigenvalue weighted by molar-refractivity contribution is 5.94. The Morgan fingerprint density at radius 2 is 2.17 bits per heavy atom. The quantitative estimate of drug-likeness (QED) is 0.902. The van der Waals surface area contributed by atoms with Crippen LogP contribution in [-0.4, -0.2) is 21.3 Å². The predicted molar refractivity (Wildman–Crippen MR) is 71.9 cm³/mol. The van der Waals surface area contributed by atoms with Gasteiger partial charge in [0, 0.05) is 17.9 Å². The maximum absolute atomic E-state index is 11.9. The van der Waals surface area contributed by atoms with Gasteiger partial charge < -0.3 is 9.72 Å². The molecule has 0 saturated carbocycles. The Labute approximate surface area is 107 Å². The van der Waals surface area contributed by atoms with Gasteiger partial charge in [-0.2, -0.15) is 0 Å². The van der Waals surface area contributed by atoms with Crippen molar-refractivity contribution in [3.63, 3.8) is 0 Å². The van der Waals surface area contributed by atoms with Crippen molar-refractivity contribution in [1.82, 2.24) is 14.7 Å². The van der Waals surface area contributed by atoms with Gasteiger partial charge in [-0.25, -0.2) is 4.98 Å². The number of nitrogens with zero attached hydrogens (tertiary/aromatic N) is 2. The Kier molecular flexibility index (Phi) is 3.36. The zero-order valence-electron chi connectivity index (χ0n) is 11.3. The van der Waals surface area contributed by atoms with Crippen LogP contribution in [0, 0.1) is 6.92 Å². The third-order valence-electron chi connectivity index (χ3n) is 2.97. The number of pyridine rings is 1. The van der Waals surface area contributed by atoms with E-state index in [1.54, 1.807) is 0 Å². The third-order valence-corrected chi connectivity index (χ3v) is 2.97. The Bertz CT molecular complexity index is 584. The van der Waals surface area contributed by atoms with E-state index in [1.807, 2.05) is 43.5 Å². The zero-order chi connectivity index (χ0) is 13.3. The topological polar surface area (TPSA) is 46.4 Å². The minimum atomic E-state index is -0.0435. The summed E-state index contributed by atoms with van der Waals surface area (Å²) in [6, 6.07) is 3.85. The summed E-state index contributed by atoms with van der Waals surface area (Å²) in [6.07, 6.45) is 2.76. The van der Waals surface area contributed by atoms with E-state index in [0.29, 0.717) is 5.56 Å². The summed E-state index contributed by atoms with van der Waals surface area (Å²) in [4.78, 5) is 16.5. The molecule has 0 bridgehead atoms. The lowest BCUT2D eigenvalue weighted by atomic mass is 10.2. The average Bonchev–Trinajstić information content (AvgIpc) is 2.65. The molecule has 1 amide bonds. The van der Waals surface area contributed by atoms with Crippen molar-refractivity contribution in [2.75, 3.05) is 0 Å². The maximum atomic E-state index is 11.9. The van der Waals surface area contributed by atoms with E-state index >= 15 is 0 Å². The fraction of sp³-hybridized carbons (Fsp3) is 0.429. The second-order valence-corrected chi connectivity index (χ2v) is 4.77.